The van der Waals surface area contributed by atoms with Gasteiger partial charge in [0.1, 0.15) is 30.1 Å². The average molecular weight is 344 g/mol. The normalized spacial score (nSPS) is 35.9. The van der Waals surface area contributed by atoms with Crippen molar-refractivity contribution in [2.75, 3.05) is 6.61 Å². The minimum absolute atomic E-state index is 0.130. The van der Waals surface area contributed by atoms with E-state index in [1.165, 1.54) is 25.2 Å². The Morgan fingerprint density at radius 1 is 1.50 bits per heavy atom. The highest BCUT2D eigenvalue weighted by Gasteiger charge is 2.46. The molecule has 4 unspecified atom stereocenters. The molecule has 2 aliphatic rings. The van der Waals surface area contributed by atoms with E-state index in [9.17, 15) is 30.2 Å². The fourth-order valence-corrected chi connectivity index (χ4v) is 2.54. The van der Waals surface area contributed by atoms with Crippen molar-refractivity contribution in [2.45, 2.75) is 50.0 Å². The van der Waals surface area contributed by atoms with Gasteiger partial charge in [-0.15, -0.1) is 0 Å². The van der Waals surface area contributed by atoms with Crippen LogP contribution in [0.2, 0.25) is 0 Å². The molecule has 0 radical (unpaired) electrons. The van der Waals surface area contributed by atoms with Gasteiger partial charge in [0.15, 0.2) is 0 Å². The largest absolute Gasteiger partial charge is 0.463 e. The molecule has 6 atom stereocenters. The molecule has 2 rings (SSSR count). The lowest BCUT2D eigenvalue weighted by Gasteiger charge is -2.42. The summed E-state index contributed by atoms with van der Waals surface area (Å²) in [6.07, 6.45) is -0.692. The molecule has 1 saturated heterocycles. The standard InChI is InChI=1S/C14H20N2O8/c1-7(18)15-11-13(20)12(19)10(6-17)24-14(11)23-9-4-2-8(3-5-9)16(21)22/h2,4-5,8,10-14,17,19-20H,3,6H2,1H3,(H,15,18)/t8?,10?,11?,12-,13?,14+/m0/s1. The molecule has 0 aromatic heterocycles. The number of rotatable bonds is 5. The average Bonchev–Trinajstić information content (AvgIpc) is 2.54. The zero-order valence-electron chi connectivity index (χ0n) is 12.9. The first-order chi connectivity index (χ1) is 11.3. The molecule has 1 aliphatic heterocycles. The van der Waals surface area contributed by atoms with Crippen molar-refractivity contribution in [3.8, 4) is 0 Å². The Hall–Kier alpha value is -2.01. The molecule has 1 aliphatic carbocycles. The number of allylic oxidation sites excluding steroid dienone is 1. The number of carbonyl (C=O) groups is 1. The molecule has 4 N–H and O–H groups in total. The Bertz CT molecular complexity index is 549. The lowest BCUT2D eigenvalue weighted by molar-refractivity contribution is -0.508. The number of nitrogens with zero attached hydrogens (tertiary/aromatic N) is 1. The van der Waals surface area contributed by atoms with Crippen LogP contribution in [0.5, 0.6) is 0 Å². The summed E-state index contributed by atoms with van der Waals surface area (Å²) in [7, 11) is 0. The number of amides is 1. The van der Waals surface area contributed by atoms with Crippen molar-refractivity contribution in [3.63, 3.8) is 0 Å². The van der Waals surface area contributed by atoms with Crippen molar-refractivity contribution >= 4 is 5.91 Å². The van der Waals surface area contributed by atoms with Crippen LogP contribution in [0, 0.1) is 10.1 Å². The third-order valence-corrected chi connectivity index (χ3v) is 3.82. The quantitative estimate of drug-likeness (QED) is 0.345. The highest BCUT2D eigenvalue weighted by atomic mass is 16.7. The van der Waals surface area contributed by atoms with Gasteiger partial charge >= 0.3 is 0 Å². The molecule has 10 nitrogen and oxygen atoms in total. The van der Waals surface area contributed by atoms with E-state index in [2.05, 4.69) is 5.32 Å². The van der Waals surface area contributed by atoms with Crippen molar-refractivity contribution in [3.05, 3.63) is 34.1 Å². The highest BCUT2D eigenvalue weighted by molar-refractivity contribution is 5.73. The molecule has 0 spiro atoms. The van der Waals surface area contributed by atoms with Crippen LogP contribution in [0.1, 0.15) is 13.3 Å². The molecule has 134 valence electrons. The molecule has 0 aromatic carbocycles. The number of aliphatic hydroxyl groups is 3. The van der Waals surface area contributed by atoms with E-state index in [0.29, 0.717) is 0 Å². The number of aliphatic hydroxyl groups excluding tert-OH is 3. The van der Waals surface area contributed by atoms with Crippen LogP contribution < -0.4 is 5.32 Å². The van der Waals surface area contributed by atoms with Gasteiger partial charge in [0.25, 0.3) is 0 Å². The van der Waals surface area contributed by atoms with Crippen molar-refractivity contribution in [1.29, 1.82) is 0 Å². The molecular formula is C14H20N2O8. The van der Waals surface area contributed by atoms with Gasteiger partial charge in [-0.05, 0) is 18.2 Å². The Morgan fingerprint density at radius 2 is 2.21 bits per heavy atom. The van der Waals surface area contributed by atoms with Crippen LogP contribution in [0.25, 0.3) is 0 Å². The van der Waals surface area contributed by atoms with Crippen molar-refractivity contribution in [1.82, 2.24) is 5.32 Å². The zero-order chi connectivity index (χ0) is 17.9. The molecular weight excluding hydrogens is 324 g/mol. The number of carbonyl (C=O) groups excluding carboxylic acids is 1. The van der Waals surface area contributed by atoms with Crippen LogP contribution >= 0.6 is 0 Å². The molecule has 1 fully saturated rings. The maximum Gasteiger partial charge on any atom is 0.235 e. The predicted molar refractivity (Wildman–Crippen MR) is 79.1 cm³/mol. The summed E-state index contributed by atoms with van der Waals surface area (Å²) in [6.45, 7) is 0.679. The lowest BCUT2D eigenvalue weighted by atomic mass is 9.97. The monoisotopic (exact) mass is 344 g/mol. The van der Waals surface area contributed by atoms with Gasteiger partial charge in [-0.25, -0.2) is 0 Å². The van der Waals surface area contributed by atoms with E-state index in [0.717, 1.165) is 0 Å². The number of nitro groups is 1. The van der Waals surface area contributed by atoms with E-state index < -0.39 is 54.1 Å². The van der Waals surface area contributed by atoms with Gasteiger partial charge in [0, 0.05) is 18.3 Å². The van der Waals surface area contributed by atoms with Crippen LogP contribution in [-0.2, 0) is 14.3 Å². The minimum atomic E-state index is -1.41. The van der Waals surface area contributed by atoms with E-state index in [1.54, 1.807) is 0 Å². The number of hydrogen-bond acceptors (Lipinski definition) is 8. The molecule has 24 heavy (non-hydrogen) atoms. The van der Waals surface area contributed by atoms with Gasteiger partial charge in [0.2, 0.25) is 18.2 Å². The fraction of sp³-hybridized carbons (Fsp3) is 0.643. The third-order valence-electron chi connectivity index (χ3n) is 3.82. The second-order valence-corrected chi connectivity index (χ2v) is 5.60. The van der Waals surface area contributed by atoms with Crippen LogP contribution in [0.4, 0.5) is 0 Å². The van der Waals surface area contributed by atoms with Crippen LogP contribution in [0.3, 0.4) is 0 Å². The Kier molecular flexibility index (Phi) is 5.89. The molecule has 0 aromatic rings. The second-order valence-electron chi connectivity index (χ2n) is 5.60. The van der Waals surface area contributed by atoms with E-state index in [-0.39, 0.29) is 12.2 Å². The second kappa shape index (κ2) is 7.71. The molecule has 10 heteroatoms. The smallest absolute Gasteiger partial charge is 0.235 e. The lowest BCUT2D eigenvalue weighted by Crippen LogP contribution is -2.64. The topological polar surface area (TPSA) is 151 Å². The van der Waals surface area contributed by atoms with Gasteiger partial charge < -0.3 is 30.1 Å². The molecule has 1 amide bonds. The summed E-state index contributed by atoms with van der Waals surface area (Å²) in [4.78, 5) is 21.6. The van der Waals surface area contributed by atoms with Crippen molar-refractivity contribution < 1.29 is 34.5 Å². The van der Waals surface area contributed by atoms with Gasteiger partial charge in [-0.1, -0.05) is 0 Å². The Morgan fingerprint density at radius 3 is 2.71 bits per heavy atom. The van der Waals surface area contributed by atoms with Gasteiger partial charge in [-0.3, -0.25) is 14.9 Å². The fourth-order valence-electron chi connectivity index (χ4n) is 2.54. The zero-order valence-corrected chi connectivity index (χ0v) is 12.9. The summed E-state index contributed by atoms with van der Waals surface area (Å²) in [5, 5.41) is 42.4. The maximum absolute atomic E-state index is 11.3. The van der Waals surface area contributed by atoms with Crippen LogP contribution in [0.15, 0.2) is 24.0 Å². The first kappa shape index (κ1) is 18.3. The number of hydrogen-bond donors (Lipinski definition) is 4. The van der Waals surface area contributed by atoms with Gasteiger partial charge in [-0.2, -0.15) is 0 Å². The first-order valence-corrected chi connectivity index (χ1v) is 7.41. The highest BCUT2D eigenvalue weighted by Crippen LogP contribution is 2.25. The summed E-state index contributed by atoms with van der Waals surface area (Å²) in [5.41, 5.74) is 0. The minimum Gasteiger partial charge on any atom is -0.463 e. The van der Waals surface area contributed by atoms with Crippen LogP contribution in [-0.4, -0.2) is 69.4 Å². The first-order valence-electron chi connectivity index (χ1n) is 7.41. The molecule has 1 heterocycles. The predicted octanol–water partition coefficient (Wildman–Crippen LogP) is -1.56. The number of nitrogens with one attached hydrogen (secondary N) is 1. The summed E-state index contributed by atoms with van der Waals surface area (Å²) in [5.74, 6) is -0.193. The number of ether oxygens (including phenoxy) is 2. The SMILES string of the molecule is CC(=O)NC1C(O)[C@@H](O)C(CO)O[C@H]1OC1=CCC([N+](=O)[O-])C=C1. The van der Waals surface area contributed by atoms with E-state index >= 15 is 0 Å². The Labute approximate surface area is 137 Å². The molecule has 0 bridgehead atoms. The maximum atomic E-state index is 11.3. The van der Waals surface area contributed by atoms with E-state index in [4.69, 9.17) is 9.47 Å². The summed E-state index contributed by atoms with van der Waals surface area (Å²) < 4.78 is 11.0. The summed E-state index contributed by atoms with van der Waals surface area (Å²) >= 11 is 0. The van der Waals surface area contributed by atoms with Gasteiger partial charge in [0.05, 0.1) is 6.61 Å². The summed E-state index contributed by atoms with van der Waals surface area (Å²) in [6, 6.07) is -1.91. The molecule has 0 saturated carbocycles. The third kappa shape index (κ3) is 4.09. The van der Waals surface area contributed by atoms with Crippen molar-refractivity contribution in [2.24, 2.45) is 0 Å². The Balaban J connectivity index is 2.11. The van der Waals surface area contributed by atoms with E-state index in [1.807, 2.05) is 0 Å².